The van der Waals surface area contributed by atoms with Gasteiger partial charge < -0.3 is 29.9 Å². The molecule has 2 N–H and O–H groups in total. The molecule has 3 rings (SSSR count). The molecule has 1 aromatic carbocycles. The summed E-state index contributed by atoms with van der Waals surface area (Å²) in [5.74, 6) is -1.30. The van der Waals surface area contributed by atoms with Crippen LogP contribution in [0.5, 0.6) is 0 Å². The number of hydrogen-bond donors (Lipinski definition) is 2. The van der Waals surface area contributed by atoms with Gasteiger partial charge in [-0.05, 0) is 62.6 Å². The van der Waals surface area contributed by atoms with Crippen molar-refractivity contribution in [2.75, 3.05) is 41.4 Å². The Morgan fingerprint density at radius 1 is 0.948 bits per heavy atom. The Balaban J connectivity index is 1.79. The number of unbranched alkanes of at least 4 members (excludes halogenated alkanes) is 1. The topological polar surface area (TPSA) is 133 Å². The Morgan fingerprint density at radius 3 is 2.19 bits per heavy atom. The van der Waals surface area contributed by atoms with Gasteiger partial charge in [-0.3, -0.25) is 24.1 Å². The summed E-state index contributed by atoms with van der Waals surface area (Å²) in [6.45, 7) is 17.4. The SMILES string of the molecule is CCCCN(C)[C@H](C(=O)N[C@H](C(=O)N(C)[C@@H]([C@@H](C)CC)[C@@H](CC(=O)N1CCC[C@H]1[C@H](OC)[C@@H](C)C(=O)N[C@@H](Cc1ccccc1)c1nccs1)OC)C(C)C)C(C)C. The Labute approximate surface area is 353 Å². The lowest BCUT2D eigenvalue weighted by atomic mass is 9.89. The average molecular weight is 827 g/mol. The fraction of sp³-hybridized carbons (Fsp3) is 0.711. The number of thiazole rings is 1. The van der Waals surface area contributed by atoms with E-state index in [1.54, 1.807) is 32.4 Å². The number of likely N-dealkylation sites (N-methyl/N-ethyl adjacent to an activating group) is 2. The molecule has 9 atom stereocenters. The molecular weight excluding hydrogens is 753 g/mol. The first-order valence-corrected chi connectivity index (χ1v) is 22.3. The molecule has 1 aromatic heterocycles. The summed E-state index contributed by atoms with van der Waals surface area (Å²) in [5.41, 5.74) is 1.09. The number of benzene rings is 1. The van der Waals surface area contributed by atoms with Crippen LogP contribution in [0.3, 0.4) is 0 Å². The number of likely N-dealkylation sites (tertiary alicyclic amines) is 1. The van der Waals surface area contributed by atoms with Crippen molar-refractivity contribution >= 4 is 35.0 Å². The van der Waals surface area contributed by atoms with Crippen molar-refractivity contribution in [3.05, 3.63) is 52.5 Å². The number of carbonyl (C=O) groups is 4. The Bertz CT molecular complexity index is 1540. The number of rotatable bonds is 24. The van der Waals surface area contributed by atoms with Gasteiger partial charge in [-0.25, -0.2) is 4.98 Å². The summed E-state index contributed by atoms with van der Waals surface area (Å²) < 4.78 is 12.1. The van der Waals surface area contributed by atoms with Gasteiger partial charge in [0.1, 0.15) is 11.0 Å². The third-order valence-electron chi connectivity index (χ3n) is 12.1. The predicted octanol–water partition coefficient (Wildman–Crippen LogP) is 6.36. The molecule has 0 bridgehead atoms. The molecule has 0 radical (unpaired) electrons. The van der Waals surface area contributed by atoms with Crippen molar-refractivity contribution in [1.82, 2.24) is 30.3 Å². The van der Waals surface area contributed by atoms with E-state index in [4.69, 9.17) is 9.47 Å². The van der Waals surface area contributed by atoms with E-state index >= 15 is 0 Å². The van der Waals surface area contributed by atoms with E-state index in [1.807, 2.05) is 82.3 Å². The van der Waals surface area contributed by atoms with E-state index in [9.17, 15) is 19.2 Å². The van der Waals surface area contributed by atoms with Crippen LogP contribution in [0, 0.1) is 23.7 Å². The molecular formula is C45H74N6O6S. The van der Waals surface area contributed by atoms with Crippen LogP contribution in [0.25, 0.3) is 0 Å². The molecule has 4 amide bonds. The summed E-state index contributed by atoms with van der Waals surface area (Å²) in [7, 11) is 6.93. The summed E-state index contributed by atoms with van der Waals surface area (Å²) in [6, 6.07) is 7.86. The molecule has 1 saturated heterocycles. The van der Waals surface area contributed by atoms with E-state index in [-0.39, 0.29) is 65.9 Å². The van der Waals surface area contributed by atoms with Gasteiger partial charge >= 0.3 is 0 Å². The van der Waals surface area contributed by atoms with Crippen LogP contribution in [0.1, 0.15) is 111 Å². The fourth-order valence-electron chi connectivity index (χ4n) is 8.60. The van der Waals surface area contributed by atoms with Gasteiger partial charge in [0, 0.05) is 39.4 Å². The van der Waals surface area contributed by atoms with Crippen LogP contribution in [0.4, 0.5) is 0 Å². The average Bonchev–Trinajstić information content (AvgIpc) is 3.92. The van der Waals surface area contributed by atoms with Crippen molar-refractivity contribution in [1.29, 1.82) is 0 Å². The Kier molecular flexibility index (Phi) is 20.3. The molecule has 0 aliphatic carbocycles. The minimum Gasteiger partial charge on any atom is -0.379 e. The lowest BCUT2D eigenvalue weighted by molar-refractivity contribution is -0.148. The van der Waals surface area contributed by atoms with Gasteiger partial charge in [0.25, 0.3) is 0 Å². The Morgan fingerprint density at radius 2 is 1.64 bits per heavy atom. The number of carbonyl (C=O) groups excluding carboxylic acids is 4. The number of nitrogens with zero attached hydrogens (tertiary/aromatic N) is 4. The van der Waals surface area contributed by atoms with Crippen molar-refractivity contribution in [3.63, 3.8) is 0 Å². The van der Waals surface area contributed by atoms with E-state index in [0.29, 0.717) is 19.4 Å². The maximum Gasteiger partial charge on any atom is 0.245 e. The summed E-state index contributed by atoms with van der Waals surface area (Å²) in [5, 5.41) is 9.11. The van der Waals surface area contributed by atoms with Gasteiger partial charge in [0.15, 0.2) is 0 Å². The third-order valence-corrected chi connectivity index (χ3v) is 13.0. The smallest absolute Gasteiger partial charge is 0.245 e. The number of aromatic nitrogens is 1. The highest BCUT2D eigenvalue weighted by Crippen LogP contribution is 2.30. The maximum absolute atomic E-state index is 14.4. The largest absolute Gasteiger partial charge is 0.379 e. The maximum atomic E-state index is 14.4. The molecule has 1 aliphatic heterocycles. The zero-order chi connectivity index (χ0) is 43.1. The van der Waals surface area contributed by atoms with Crippen LogP contribution < -0.4 is 10.6 Å². The van der Waals surface area contributed by atoms with E-state index in [2.05, 4.69) is 41.3 Å². The number of methoxy groups -OCH3 is 2. The first-order chi connectivity index (χ1) is 27.6. The molecule has 0 saturated carbocycles. The normalized spacial score (nSPS) is 18.7. The van der Waals surface area contributed by atoms with E-state index in [1.165, 1.54) is 11.3 Å². The van der Waals surface area contributed by atoms with Gasteiger partial charge in [-0.2, -0.15) is 0 Å². The van der Waals surface area contributed by atoms with Gasteiger partial charge in [0.2, 0.25) is 23.6 Å². The molecule has 12 nitrogen and oxygen atoms in total. The molecule has 2 aromatic rings. The summed E-state index contributed by atoms with van der Waals surface area (Å²) in [6.07, 6.45) is 5.51. The highest BCUT2D eigenvalue weighted by Gasteiger charge is 2.43. The fourth-order valence-corrected chi connectivity index (χ4v) is 9.29. The van der Waals surface area contributed by atoms with Gasteiger partial charge in [-0.1, -0.05) is 98.6 Å². The second kappa shape index (κ2) is 24.0. The first-order valence-electron chi connectivity index (χ1n) is 21.5. The van der Waals surface area contributed by atoms with Crippen LogP contribution in [0.2, 0.25) is 0 Å². The molecule has 13 heteroatoms. The minimum absolute atomic E-state index is 0.00899. The second-order valence-electron chi connectivity index (χ2n) is 17.0. The van der Waals surface area contributed by atoms with Crippen molar-refractivity contribution < 1.29 is 28.7 Å². The van der Waals surface area contributed by atoms with Gasteiger partial charge in [-0.15, -0.1) is 11.3 Å². The quantitative estimate of drug-likeness (QED) is 0.125. The van der Waals surface area contributed by atoms with Crippen LogP contribution >= 0.6 is 11.3 Å². The van der Waals surface area contributed by atoms with Crippen LogP contribution in [0.15, 0.2) is 41.9 Å². The predicted molar refractivity (Wildman–Crippen MR) is 232 cm³/mol. The lowest BCUT2D eigenvalue weighted by Crippen LogP contribution is -2.60. The lowest BCUT2D eigenvalue weighted by Gasteiger charge is -2.41. The molecule has 0 unspecified atom stereocenters. The molecule has 2 heterocycles. The van der Waals surface area contributed by atoms with Crippen molar-refractivity contribution in [2.45, 2.75) is 143 Å². The monoisotopic (exact) mass is 827 g/mol. The van der Waals surface area contributed by atoms with Gasteiger partial charge in [0.05, 0.1) is 48.7 Å². The highest BCUT2D eigenvalue weighted by atomic mass is 32.1. The van der Waals surface area contributed by atoms with Crippen LogP contribution in [-0.4, -0.2) is 121 Å². The highest BCUT2D eigenvalue weighted by molar-refractivity contribution is 7.09. The number of ether oxygens (including phenoxy) is 2. The summed E-state index contributed by atoms with van der Waals surface area (Å²) >= 11 is 1.51. The third kappa shape index (κ3) is 13.1. The molecule has 58 heavy (non-hydrogen) atoms. The zero-order valence-electron chi connectivity index (χ0n) is 37.4. The van der Waals surface area contributed by atoms with Crippen molar-refractivity contribution in [3.8, 4) is 0 Å². The Hall–Kier alpha value is -3.39. The summed E-state index contributed by atoms with van der Waals surface area (Å²) in [4.78, 5) is 66.7. The van der Waals surface area contributed by atoms with E-state index < -0.39 is 30.2 Å². The minimum atomic E-state index is -0.751. The number of nitrogens with one attached hydrogen (secondary N) is 2. The van der Waals surface area contributed by atoms with E-state index in [0.717, 1.165) is 42.8 Å². The number of amides is 4. The molecule has 1 fully saturated rings. The first kappa shape index (κ1) is 49.0. The zero-order valence-corrected chi connectivity index (χ0v) is 38.2. The number of hydrogen-bond acceptors (Lipinski definition) is 9. The molecule has 1 aliphatic rings. The standard InChI is InChI=1S/C45H74N6O6S/c1-13-15-24-49(9)39(30(5)6)43(54)48-38(29(3)4)45(55)50(10)40(31(7)14-2)36(56-11)28-37(52)51-25-19-22-35(51)41(57-12)32(8)42(53)47-34(44-46-23-26-58-44)27-33-20-17-16-18-21-33/h16-18,20-21,23,26,29-32,34-36,38-41H,13-15,19,22,24-25,27-28H2,1-12H3,(H,47,53)(H,48,54)/t31-,32+,34-,35-,36+,38-,39-,40-,41+/m0/s1. The molecule has 326 valence electrons. The van der Waals surface area contributed by atoms with Crippen LogP contribution in [-0.2, 0) is 35.1 Å². The molecule has 0 spiro atoms. The second-order valence-corrected chi connectivity index (χ2v) is 17.9. The van der Waals surface area contributed by atoms with Crippen molar-refractivity contribution in [2.24, 2.45) is 23.7 Å².